The van der Waals surface area contributed by atoms with Gasteiger partial charge in [0.25, 0.3) is 5.79 Å². The lowest BCUT2D eigenvalue weighted by Crippen LogP contribution is -2.65. The van der Waals surface area contributed by atoms with E-state index in [2.05, 4.69) is 6.58 Å². The molecule has 2 rings (SSSR count). The third-order valence-corrected chi connectivity index (χ3v) is 3.57. The van der Waals surface area contributed by atoms with Crippen LogP contribution in [0.15, 0.2) is 36.9 Å². The van der Waals surface area contributed by atoms with E-state index in [9.17, 15) is 24.9 Å². The van der Waals surface area contributed by atoms with Crippen molar-refractivity contribution in [3.63, 3.8) is 0 Å². The Kier molecular flexibility index (Phi) is 5.75. The summed E-state index contributed by atoms with van der Waals surface area (Å²) >= 11 is 0. The third kappa shape index (κ3) is 4.34. The summed E-state index contributed by atoms with van der Waals surface area (Å²) in [5.74, 6) is -4.22. The van der Waals surface area contributed by atoms with Crippen LogP contribution in [0, 0.1) is 0 Å². The van der Waals surface area contributed by atoms with Crippen molar-refractivity contribution in [1.82, 2.24) is 0 Å². The topological polar surface area (TPSA) is 143 Å². The monoisotopic (exact) mass is 354 g/mol. The molecule has 4 atom stereocenters. The zero-order valence-corrected chi connectivity index (χ0v) is 13.1. The zero-order chi connectivity index (χ0) is 18.6. The zero-order valence-electron chi connectivity index (χ0n) is 13.1. The number of aliphatic hydroxyl groups is 3. The first-order valence-electron chi connectivity index (χ1n) is 7.27. The Balaban J connectivity index is 2.02. The Morgan fingerprint density at radius 1 is 1.32 bits per heavy atom. The highest BCUT2D eigenvalue weighted by Crippen LogP contribution is 2.28. The largest absolute Gasteiger partial charge is 0.479 e. The molecule has 25 heavy (non-hydrogen) atoms. The second-order valence-electron chi connectivity index (χ2n) is 5.41. The van der Waals surface area contributed by atoms with Crippen molar-refractivity contribution in [1.29, 1.82) is 0 Å². The van der Waals surface area contributed by atoms with Crippen LogP contribution in [0.1, 0.15) is 5.56 Å². The van der Waals surface area contributed by atoms with Gasteiger partial charge >= 0.3 is 11.9 Å². The van der Waals surface area contributed by atoms with Crippen molar-refractivity contribution in [3.8, 4) is 5.75 Å². The summed E-state index contributed by atoms with van der Waals surface area (Å²) in [6.45, 7) is 2.64. The molecule has 0 bridgehead atoms. The number of carbonyl (C=O) groups is 2. The van der Waals surface area contributed by atoms with Crippen molar-refractivity contribution < 1.29 is 44.2 Å². The van der Waals surface area contributed by atoms with Crippen LogP contribution in [-0.2, 0) is 25.7 Å². The molecule has 0 unspecified atom stereocenters. The van der Waals surface area contributed by atoms with Crippen LogP contribution >= 0.6 is 0 Å². The van der Waals surface area contributed by atoms with E-state index >= 15 is 0 Å². The summed E-state index contributed by atoms with van der Waals surface area (Å²) in [7, 11) is 0. The lowest BCUT2D eigenvalue weighted by atomic mass is 9.97. The van der Waals surface area contributed by atoms with Crippen molar-refractivity contribution in [2.24, 2.45) is 0 Å². The molecule has 1 heterocycles. The molecule has 136 valence electrons. The standard InChI is InChI=1S/C16H18O9/c1-2-11(17)23-7-9-3-5-10(6-4-9)25-16(22)8-24-13(15(20)21)12(18)14(16)19/h2-6,12-14,18-19,22H,1,7-8H2,(H,20,21)/t12-,13+,14+,16-/m1/s1. The number of hydrogen-bond acceptors (Lipinski definition) is 8. The number of ether oxygens (including phenoxy) is 3. The first kappa shape index (κ1) is 18.9. The Labute approximate surface area is 142 Å². The van der Waals surface area contributed by atoms with Gasteiger partial charge in [-0.1, -0.05) is 18.7 Å². The minimum Gasteiger partial charge on any atom is -0.479 e. The molecule has 0 saturated carbocycles. The normalized spacial score (nSPS) is 28.8. The van der Waals surface area contributed by atoms with E-state index in [0.29, 0.717) is 5.56 Å². The van der Waals surface area contributed by atoms with Gasteiger partial charge in [0, 0.05) is 6.08 Å². The van der Waals surface area contributed by atoms with Gasteiger partial charge in [-0.05, 0) is 17.7 Å². The smallest absolute Gasteiger partial charge is 0.335 e. The fourth-order valence-electron chi connectivity index (χ4n) is 2.20. The number of esters is 1. The number of aliphatic carboxylic acids is 1. The maximum atomic E-state index is 11.0. The molecular weight excluding hydrogens is 336 g/mol. The molecular formula is C16H18O9. The highest BCUT2D eigenvalue weighted by molar-refractivity contribution is 5.81. The van der Waals surface area contributed by atoms with Gasteiger partial charge in [0.2, 0.25) is 0 Å². The molecule has 0 aromatic heterocycles. The molecule has 0 radical (unpaired) electrons. The van der Waals surface area contributed by atoms with Gasteiger partial charge in [-0.25, -0.2) is 9.59 Å². The first-order valence-corrected chi connectivity index (χ1v) is 7.27. The van der Waals surface area contributed by atoms with Gasteiger partial charge in [0.15, 0.2) is 12.2 Å². The van der Waals surface area contributed by atoms with Crippen molar-refractivity contribution >= 4 is 11.9 Å². The van der Waals surface area contributed by atoms with Gasteiger partial charge < -0.3 is 34.6 Å². The maximum Gasteiger partial charge on any atom is 0.335 e. The van der Waals surface area contributed by atoms with E-state index in [-0.39, 0.29) is 12.4 Å². The lowest BCUT2D eigenvalue weighted by molar-refractivity contribution is -0.301. The number of carbonyl (C=O) groups excluding carboxylic acids is 1. The van der Waals surface area contributed by atoms with E-state index in [1.807, 2.05) is 0 Å². The predicted octanol–water partition coefficient (Wildman–Crippen LogP) is -0.812. The number of rotatable bonds is 6. The number of hydrogen-bond donors (Lipinski definition) is 4. The van der Waals surface area contributed by atoms with E-state index in [1.54, 1.807) is 12.1 Å². The number of carboxylic acids is 1. The molecule has 9 heteroatoms. The van der Waals surface area contributed by atoms with Crippen LogP contribution in [0.4, 0.5) is 0 Å². The van der Waals surface area contributed by atoms with Gasteiger partial charge in [-0.2, -0.15) is 0 Å². The van der Waals surface area contributed by atoms with Gasteiger partial charge in [-0.15, -0.1) is 0 Å². The molecule has 0 spiro atoms. The SMILES string of the molecule is C=CC(=O)OCc1ccc(O[C@]2(O)CO[C@H](C(=O)O)[C@@H](O)[C@@H]2O)cc1. The third-order valence-electron chi connectivity index (χ3n) is 3.57. The minimum absolute atomic E-state index is 0.0140. The molecule has 1 aliphatic rings. The summed E-state index contributed by atoms with van der Waals surface area (Å²) in [4.78, 5) is 21.9. The second-order valence-corrected chi connectivity index (χ2v) is 5.41. The summed E-state index contributed by atoms with van der Waals surface area (Å²) in [6, 6.07) is 6.00. The fourth-order valence-corrected chi connectivity index (χ4v) is 2.20. The van der Waals surface area contributed by atoms with Crippen molar-refractivity contribution in [2.75, 3.05) is 6.61 Å². The Bertz CT molecular complexity index is 642. The van der Waals surface area contributed by atoms with E-state index in [0.717, 1.165) is 6.08 Å². The van der Waals surface area contributed by atoms with Crippen molar-refractivity contribution in [3.05, 3.63) is 42.5 Å². The Morgan fingerprint density at radius 3 is 2.52 bits per heavy atom. The molecule has 1 aliphatic heterocycles. The second kappa shape index (κ2) is 7.62. The van der Waals surface area contributed by atoms with E-state index in [4.69, 9.17) is 19.3 Å². The number of carboxylic acid groups (broad SMARTS) is 1. The average molecular weight is 354 g/mol. The van der Waals surface area contributed by atoms with Crippen LogP contribution in [0.3, 0.4) is 0 Å². The Hall–Kier alpha value is -2.46. The summed E-state index contributed by atoms with van der Waals surface area (Å²) in [5, 5.41) is 38.9. The maximum absolute atomic E-state index is 11.0. The number of aliphatic hydroxyl groups excluding tert-OH is 2. The van der Waals surface area contributed by atoms with Crippen LogP contribution in [0.2, 0.25) is 0 Å². The highest BCUT2D eigenvalue weighted by atomic mass is 16.7. The predicted molar refractivity (Wildman–Crippen MR) is 81.4 cm³/mol. The summed E-state index contributed by atoms with van der Waals surface area (Å²) in [5.41, 5.74) is 0.640. The molecule has 0 amide bonds. The van der Waals surface area contributed by atoms with E-state index < -0.39 is 42.6 Å². The van der Waals surface area contributed by atoms with Crippen LogP contribution in [-0.4, -0.2) is 63.1 Å². The average Bonchev–Trinajstić information content (AvgIpc) is 2.58. The minimum atomic E-state index is -2.32. The van der Waals surface area contributed by atoms with Crippen LogP contribution in [0.25, 0.3) is 0 Å². The molecule has 1 saturated heterocycles. The summed E-state index contributed by atoms with van der Waals surface area (Å²) < 4.78 is 15.0. The molecule has 1 fully saturated rings. The molecule has 0 aliphatic carbocycles. The highest BCUT2D eigenvalue weighted by Gasteiger charge is 2.52. The first-order chi connectivity index (χ1) is 11.8. The quantitative estimate of drug-likeness (QED) is 0.293. The summed E-state index contributed by atoms with van der Waals surface area (Å²) in [6.07, 6.45) is -4.39. The van der Waals surface area contributed by atoms with Gasteiger partial charge in [-0.3, -0.25) is 0 Å². The molecule has 1 aromatic rings. The van der Waals surface area contributed by atoms with Crippen LogP contribution in [0.5, 0.6) is 5.75 Å². The van der Waals surface area contributed by atoms with Crippen molar-refractivity contribution in [2.45, 2.75) is 30.7 Å². The van der Waals surface area contributed by atoms with Gasteiger partial charge in [0.05, 0.1) is 0 Å². The number of benzene rings is 1. The van der Waals surface area contributed by atoms with Gasteiger partial charge in [0.1, 0.15) is 25.1 Å². The van der Waals surface area contributed by atoms with E-state index in [1.165, 1.54) is 12.1 Å². The molecule has 4 N–H and O–H groups in total. The lowest BCUT2D eigenvalue weighted by Gasteiger charge is -2.41. The Morgan fingerprint density at radius 2 is 1.96 bits per heavy atom. The molecule has 9 nitrogen and oxygen atoms in total. The fraction of sp³-hybridized carbons (Fsp3) is 0.375. The molecule has 1 aromatic carbocycles. The van der Waals surface area contributed by atoms with Crippen LogP contribution < -0.4 is 4.74 Å².